The van der Waals surface area contributed by atoms with Crippen LogP contribution < -0.4 is 5.32 Å². The summed E-state index contributed by atoms with van der Waals surface area (Å²) in [4.78, 5) is 27.8. The summed E-state index contributed by atoms with van der Waals surface area (Å²) >= 11 is 1.42. The first-order valence-electron chi connectivity index (χ1n) is 10.8. The van der Waals surface area contributed by atoms with Crippen molar-refractivity contribution in [2.45, 2.75) is 52.4 Å². The van der Waals surface area contributed by atoms with Crippen LogP contribution in [-0.4, -0.2) is 29.8 Å². The van der Waals surface area contributed by atoms with Gasteiger partial charge in [0.25, 0.3) is 5.91 Å². The van der Waals surface area contributed by atoms with Crippen LogP contribution in [0.15, 0.2) is 30.3 Å². The van der Waals surface area contributed by atoms with Crippen molar-refractivity contribution < 1.29 is 9.59 Å². The van der Waals surface area contributed by atoms with Crippen LogP contribution in [0.5, 0.6) is 0 Å². The molecular weight excluding hydrogens is 380 g/mol. The van der Waals surface area contributed by atoms with Crippen molar-refractivity contribution in [3.63, 3.8) is 0 Å². The molecule has 1 aromatic heterocycles. The van der Waals surface area contributed by atoms with Crippen LogP contribution in [0.1, 0.15) is 58.5 Å². The van der Waals surface area contributed by atoms with Crippen molar-refractivity contribution in [2.75, 3.05) is 18.4 Å². The first kappa shape index (κ1) is 20.1. The number of anilines is 1. The molecule has 154 valence electrons. The highest BCUT2D eigenvalue weighted by molar-refractivity contribution is 7.18. The maximum atomic E-state index is 13.0. The number of carbonyl (C=O) groups is 2. The lowest BCUT2D eigenvalue weighted by Crippen LogP contribution is -2.38. The predicted octanol–water partition coefficient (Wildman–Crippen LogP) is 5.20. The molecule has 4 rings (SSSR count). The Labute approximate surface area is 177 Å². The molecule has 2 fully saturated rings. The molecule has 0 spiro atoms. The van der Waals surface area contributed by atoms with Crippen LogP contribution in [0.3, 0.4) is 0 Å². The van der Waals surface area contributed by atoms with Crippen molar-refractivity contribution in [2.24, 2.45) is 11.8 Å². The van der Waals surface area contributed by atoms with Gasteiger partial charge in [-0.15, -0.1) is 11.3 Å². The molecule has 4 nitrogen and oxygen atoms in total. The van der Waals surface area contributed by atoms with E-state index in [1.54, 1.807) is 0 Å². The zero-order valence-electron chi connectivity index (χ0n) is 17.4. The van der Waals surface area contributed by atoms with Gasteiger partial charge >= 0.3 is 0 Å². The van der Waals surface area contributed by atoms with Gasteiger partial charge < -0.3 is 10.2 Å². The van der Waals surface area contributed by atoms with Crippen LogP contribution in [0.25, 0.3) is 0 Å². The summed E-state index contributed by atoms with van der Waals surface area (Å²) in [5.74, 6) is 1.09. The SMILES string of the molecule is Cc1ccc(CCC2CCN(C(=O)c3sc(NC(=O)C4CC4)cc3C)CC2)cc1. The Morgan fingerprint density at radius 2 is 1.76 bits per heavy atom. The molecule has 0 radical (unpaired) electrons. The molecule has 0 atom stereocenters. The number of benzene rings is 1. The molecule has 1 aromatic carbocycles. The second kappa shape index (κ2) is 8.70. The smallest absolute Gasteiger partial charge is 0.264 e. The number of piperidine rings is 1. The van der Waals surface area contributed by atoms with Crippen molar-refractivity contribution in [3.05, 3.63) is 51.9 Å². The van der Waals surface area contributed by atoms with E-state index in [9.17, 15) is 9.59 Å². The van der Waals surface area contributed by atoms with Gasteiger partial charge in [-0.3, -0.25) is 9.59 Å². The number of likely N-dealkylation sites (tertiary alicyclic amines) is 1. The Morgan fingerprint density at radius 1 is 1.07 bits per heavy atom. The number of aryl methyl sites for hydroxylation is 3. The topological polar surface area (TPSA) is 49.4 Å². The third-order valence-electron chi connectivity index (χ3n) is 6.17. The monoisotopic (exact) mass is 410 g/mol. The van der Waals surface area contributed by atoms with Crippen molar-refractivity contribution in [1.29, 1.82) is 0 Å². The molecule has 2 aliphatic rings. The zero-order chi connectivity index (χ0) is 20.4. The number of carbonyl (C=O) groups excluding carboxylic acids is 2. The van der Waals surface area contributed by atoms with Gasteiger partial charge in [0, 0.05) is 19.0 Å². The Kier molecular flexibility index (Phi) is 6.04. The molecule has 2 aromatic rings. The van der Waals surface area contributed by atoms with Gasteiger partial charge in [-0.1, -0.05) is 29.8 Å². The highest BCUT2D eigenvalue weighted by Gasteiger charge is 2.31. The van der Waals surface area contributed by atoms with Gasteiger partial charge in [0.2, 0.25) is 5.91 Å². The van der Waals surface area contributed by atoms with Crippen molar-refractivity contribution in [1.82, 2.24) is 4.90 Å². The Balaban J connectivity index is 1.28. The summed E-state index contributed by atoms with van der Waals surface area (Å²) in [6.07, 6.45) is 6.44. The van der Waals surface area contributed by atoms with Crippen LogP contribution in [0.2, 0.25) is 0 Å². The maximum Gasteiger partial charge on any atom is 0.264 e. The largest absolute Gasteiger partial charge is 0.338 e. The maximum absolute atomic E-state index is 13.0. The Bertz CT molecular complexity index is 875. The van der Waals surface area contributed by atoms with E-state index in [4.69, 9.17) is 0 Å². The molecule has 1 aliphatic heterocycles. The van der Waals surface area contributed by atoms with E-state index in [2.05, 4.69) is 36.5 Å². The summed E-state index contributed by atoms with van der Waals surface area (Å²) in [6.45, 7) is 5.75. The van der Waals surface area contributed by atoms with Gasteiger partial charge in [0.05, 0.1) is 9.88 Å². The number of rotatable bonds is 6. The second-order valence-electron chi connectivity index (χ2n) is 8.65. The van der Waals surface area contributed by atoms with E-state index in [1.807, 2.05) is 17.9 Å². The van der Waals surface area contributed by atoms with Crippen molar-refractivity contribution in [3.8, 4) is 0 Å². The minimum Gasteiger partial charge on any atom is -0.338 e. The summed E-state index contributed by atoms with van der Waals surface area (Å²) < 4.78 is 0. The van der Waals surface area contributed by atoms with Gasteiger partial charge in [0.15, 0.2) is 0 Å². The average Bonchev–Trinajstić information content (AvgIpc) is 3.51. The summed E-state index contributed by atoms with van der Waals surface area (Å²) in [7, 11) is 0. The molecule has 2 heterocycles. The summed E-state index contributed by atoms with van der Waals surface area (Å²) in [5, 5.41) is 3.78. The quantitative estimate of drug-likeness (QED) is 0.712. The first-order valence-corrected chi connectivity index (χ1v) is 11.6. The summed E-state index contributed by atoms with van der Waals surface area (Å²) in [6, 6.07) is 10.8. The van der Waals surface area contributed by atoms with Gasteiger partial charge in [-0.05, 0) is 75.5 Å². The molecule has 0 bridgehead atoms. The third kappa shape index (κ3) is 5.08. The lowest BCUT2D eigenvalue weighted by atomic mass is 9.90. The van der Waals surface area contributed by atoms with Gasteiger partial charge in [-0.2, -0.15) is 0 Å². The lowest BCUT2D eigenvalue weighted by Gasteiger charge is -2.32. The number of amides is 2. The molecule has 1 saturated carbocycles. The highest BCUT2D eigenvalue weighted by Crippen LogP contribution is 2.34. The number of nitrogens with zero attached hydrogens (tertiary/aromatic N) is 1. The van der Waals surface area contributed by atoms with Crippen LogP contribution in [0.4, 0.5) is 5.00 Å². The van der Waals surface area contributed by atoms with E-state index in [0.717, 1.165) is 60.6 Å². The fourth-order valence-corrected chi connectivity index (χ4v) is 5.06. The number of thiophene rings is 1. The van der Waals surface area contributed by atoms with Crippen LogP contribution in [0, 0.1) is 25.7 Å². The van der Waals surface area contributed by atoms with E-state index in [-0.39, 0.29) is 17.7 Å². The zero-order valence-corrected chi connectivity index (χ0v) is 18.2. The number of hydrogen-bond acceptors (Lipinski definition) is 3. The Hall–Kier alpha value is -2.14. The third-order valence-corrected chi connectivity index (χ3v) is 7.31. The van der Waals surface area contributed by atoms with E-state index < -0.39 is 0 Å². The molecule has 5 heteroatoms. The normalized spacial score (nSPS) is 17.4. The van der Waals surface area contributed by atoms with E-state index >= 15 is 0 Å². The first-order chi connectivity index (χ1) is 14.0. The average molecular weight is 411 g/mol. The fourth-order valence-electron chi connectivity index (χ4n) is 4.02. The Morgan fingerprint density at radius 3 is 2.41 bits per heavy atom. The molecule has 29 heavy (non-hydrogen) atoms. The minimum atomic E-state index is 0.0969. The van der Waals surface area contributed by atoms with E-state index in [0.29, 0.717) is 5.92 Å². The fraction of sp³-hybridized carbons (Fsp3) is 0.500. The highest BCUT2D eigenvalue weighted by atomic mass is 32.1. The van der Waals surface area contributed by atoms with Gasteiger partial charge in [-0.25, -0.2) is 0 Å². The minimum absolute atomic E-state index is 0.0969. The van der Waals surface area contributed by atoms with Crippen LogP contribution >= 0.6 is 11.3 Å². The summed E-state index contributed by atoms with van der Waals surface area (Å²) in [5.41, 5.74) is 3.68. The molecule has 0 unspecified atom stereocenters. The molecule has 1 saturated heterocycles. The number of hydrogen-bond donors (Lipinski definition) is 1. The molecular formula is C24H30N2O2S. The number of nitrogens with one attached hydrogen (secondary N) is 1. The molecule has 1 N–H and O–H groups in total. The van der Waals surface area contributed by atoms with Crippen LogP contribution in [-0.2, 0) is 11.2 Å². The van der Waals surface area contributed by atoms with Crippen molar-refractivity contribution >= 4 is 28.2 Å². The standard InChI is InChI=1S/C24H30N2O2S/c1-16-3-5-18(6-4-16)7-8-19-11-13-26(14-12-19)24(28)22-17(2)15-21(29-22)25-23(27)20-9-10-20/h3-6,15,19-20H,7-14H2,1-2H3,(H,25,27). The second-order valence-corrected chi connectivity index (χ2v) is 9.70. The van der Waals surface area contributed by atoms with E-state index in [1.165, 1.54) is 28.9 Å². The molecule has 1 aliphatic carbocycles. The predicted molar refractivity (Wildman–Crippen MR) is 119 cm³/mol. The van der Waals surface area contributed by atoms with Gasteiger partial charge in [0.1, 0.15) is 0 Å². The lowest BCUT2D eigenvalue weighted by molar-refractivity contribution is -0.117. The molecule has 2 amide bonds.